The van der Waals surface area contributed by atoms with E-state index >= 15 is 0 Å². The van der Waals surface area contributed by atoms with E-state index in [9.17, 15) is 0 Å². The minimum absolute atomic E-state index is 0.137. The maximum atomic E-state index is 6.22. The van der Waals surface area contributed by atoms with Crippen molar-refractivity contribution in [1.29, 1.82) is 0 Å². The molecule has 208 valence electrons. The molecule has 0 saturated carbocycles. The van der Waals surface area contributed by atoms with Crippen LogP contribution in [0, 0.1) is 0 Å². The minimum Gasteiger partial charge on any atom is -0.491 e. The van der Waals surface area contributed by atoms with Crippen LogP contribution in [0.1, 0.15) is 115 Å². The molecule has 0 radical (unpaired) electrons. The molecule has 2 aromatic rings. The van der Waals surface area contributed by atoms with Crippen molar-refractivity contribution in [2.75, 3.05) is 26.4 Å². The van der Waals surface area contributed by atoms with Crippen molar-refractivity contribution in [2.24, 2.45) is 0 Å². The van der Waals surface area contributed by atoms with Crippen molar-refractivity contribution in [3.63, 3.8) is 0 Å². The summed E-state index contributed by atoms with van der Waals surface area (Å²) in [5.41, 5.74) is 8.62. The summed E-state index contributed by atoms with van der Waals surface area (Å²) in [6, 6.07) is 9.26. The Kier molecular flexibility index (Phi) is 12.0. The van der Waals surface area contributed by atoms with Crippen molar-refractivity contribution in [2.45, 2.75) is 119 Å². The molecule has 2 rings (SSSR count). The summed E-state index contributed by atoms with van der Waals surface area (Å²) in [6.07, 6.45) is 6.27. The second kappa shape index (κ2) is 14.2. The standard InChI is InChI=1S/C34H54O3/c1-11-25-23-31(27(13-3)21-29(25)33(7,8)9)36-19-17-35-18-20-37-32-24-26(12-2)30(22-28(32)14-4)34(10,15-5)16-6/h21-24H,11-20H2,1-10H3. The molecule has 0 aliphatic rings. The number of rotatable bonds is 15. The molecule has 3 heteroatoms. The zero-order valence-corrected chi connectivity index (χ0v) is 25.6. The normalized spacial score (nSPS) is 12.2. The van der Waals surface area contributed by atoms with Gasteiger partial charge in [-0.2, -0.15) is 0 Å². The van der Waals surface area contributed by atoms with Gasteiger partial charge in [0.2, 0.25) is 0 Å². The number of hydrogen-bond donors (Lipinski definition) is 0. The molecule has 0 N–H and O–H groups in total. The first-order valence-corrected chi connectivity index (χ1v) is 14.7. The number of ether oxygens (including phenoxy) is 3. The van der Waals surface area contributed by atoms with E-state index in [0.717, 1.165) is 50.0 Å². The highest BCUT2D eigenvalue weighted by atomic mass is 16.5. The Morgan fingerprint density at radius 3 is 1.30 bits per heavy atom. The van der Waals surface area contributed by atoms with Crippen LogP contribution in [0.15, 0.2) is 24.3 Å². The Labute approximate surface area is 228 Å². The number of aryl methyl sites for hydroxylation is 4. The summed E-state index contributed by atoms with van der Waals surface area (Å²) in [5, 5.41) is 0. The van der Waals surface area contributed by atoms with Gasteiger partial charge in [0.1, 0.15) is 24.7 Å². The monoisotopic (exact) mass is 510 g/mol. The molecular weight excluding hydrogens is 456 g/mol. The van der Waals surface area contributed by atoms with Crippen LogP contribution in [0.3, 0.4) is 0 Å². The largest absolute Gasteiger partial charge is 0.491 e. The molecule has 0 amide bonds. The van der Waals surface area contributed by atoms with Gasteiger partial charge in [-0.3, -0.25) is 0 Å². The molecule has 2 aromatic carbocycles. The molecule has 0 aliphatic carbocycles. The van der Waals surface area contributed by atoms with Gasteiger partial charge in [-0.15, -0.1) is 0 Å². The lowest BCUT2D eigenvalue weighted by Crippen LogP contribution is -2.22. The van der Waals surface area contributed by atoms with Crippen LogP contribution >= 0.6 is 0 Å². The first kappa shape index (κ1) is 31.2. The third kappa shape index (κ3) is 7.99. The maximum absolute atomic E-state index is 6.22. The molecule has 0 heterocycles. The molecule has 3 nitrogen and oxygen atoms in total. The smallest absolute Gasteiger partial charge is 0.122 e. The van der Waals surface area contributed by atoms with E-state index in [-0.39, 0.29) is 10.8 Å². The summed E-state index contributed by atoms with van der Waals surface area (Å²) in [7, 11) is 0. The maximum Gasteiger partial charge on any atom is 0.122 e. The second-order valence-corrected chi connectivity index (χ2v) is 11.5. The molecule has 0 saturated heterocycles. The Balaban J connectivity index is 1.94. The van der Waals surface area contributed by atoms with E-state index in [1.165, 1.54) is 33.4 Å². The Bertz CT molecular complexity index is 980. The molecule has 37 heavy (non-hydrogen) atoms. The molecular formula is C34H54O3. The van der Waals surface area contributed by atoms with Gasteiger partial charge in [-0.25, -0.2) is 0 Å². The first-order valence-electron chi connectivity index (χ1n) is 14.7. The van der Waals surface area contributed by atoms with Gasteiger partial charge in [-0.05, 0) is 94.9 Å². The molecule has 0 aliphatic heterocycles. The van der Waals surface area contributed by atoms with E-state index in [2.05, 4.69) is 93.5 Å². The van der Waals surface area contributed by atoms with E-state index in [0.29, 0.717) is 26.4 Å². The average molecular weight is 511 g/mol. The Hall–Kier alpha value is -2.00. The van der Waals surface area contributed by atoms with Gasteiger partial charge in [0.05, 0.1) is 13.2 Å². The number of hydrogen-bond acceptors (Lipinski definition) is 3. The molecule has 0 bridgehead atoms. The predicted octanol–water partition coefficient (Wildman–Crippen LogP) is 8.79. The van der Waals surface area contributed by atoms with Gasteiger partial charge in [0, 0.05) is 0 Å². The predicted molar refractivity (Wildman–Crippen MR) is 159 cm³/mol. The van der Waals surface area contributed by atoms with Crippen molar-refractivity contribution >= 4 is 0 Å². The third-order valence-corrected chi connectivity index (χ3v) is 8.09. The highest BCUT2D eigenvalue weighted by molar-refractivity contribution is 5.47. The summed E-state index contributed by atoms with van der Waals surface area (Å²) in [5.74, 6) is 2.01. The third-order valence-electron chi connectivity index (χ3n) is 8.09. The minimum atomic E-state index is 0.137. The van der Waals surface area contributed by atoms with Crippen molar-refractivity contribution in [1.82, 2.24) is 0 Å². The summed E-state index contributed by atoms with van der Waals surface area (Å²) < 4.78 is 18.3. The van der Waals surface area contributed by atoms with Crippen molar-refractivity contribution in [3.8, 4) is 11.5 Å². The molecule has 0 unspecified atom stereocenters. The van der Waals surface area contributed by atoms with Crippen LogP contribution in [-0.2, 0) is 41.3 Å². The summed E-state index contributed by atoms with van der Waals surface area (Å²) in [6.45, 7) is 24.9. The van der Waals surface area contributed by atoms with Gasteiger partial charge >= 0.3 is 0 Å². The molecule has 0 aromatic heterocycles. The van der Waals surface area contributed by atoms with Gasteiger partial charge in [0.25, 0.3) is 0 Å². The van der Waals surface area contributed by atoms with Gasteiger partial charge in [-0.1, -0.05) is 81.4 Å². The fourth-order valence-corrected chi connectivity index (χ4v) is 5.15. The fraction of sp³-hybridized carbons (Fsp3) is 0.647. The second-order valence-electron chi connectivity index (χ2n) is 11.5. The quantitative estimate of drug-likeness (QED) is 0.224. The van der Waals surface area contributed by atoms with Crippen molar-refractivity contribution in [3.05, 3.63) is 57.6 Å². The lowest BCUT2D eigenvalue weighted by molar-refractivity contribution is 0.0759. The zero-order chi connectivity index (χ0) is 27.6. The van der Waals surface area contributed by atoms with Gasteiger partial charge in [0.15, 0.2) is 0 Å². The molecule has 0 spiro atoms. The van der Waals surface area contributed by atoms with E-state index in [1.807, 2.05) is 0 Å². The van der Waals surface area contributed by atoms with Crippen molar-refractivity contribution < 1.29 is 14.2 Å². The van der Waals surface area contributed by atoms with Crippen LogP contribution < -0.4 is 9.47 Å². The van der Waals surface area contributed by atoms with Crippen LogP contribution in [0.5, 0.6) is 11.5 Å². The summed E-state index contributed by atoms with van der Waals surface area (Å²) in [4.78, 5) is 0. The highest BCUT2D eigenvalue weighted by Crippen LogP contribution is 2.37. The zero-order valence-electron chi connectivity index (χ0n) is 25.6. The van der Waals surface area contributed by atoms with Crippen LogP contribution in [0.2, 0.25) is 0 Å². The SMILES string of the molecule is CCc1cc(C(C)(C)C)c(CC)cc1OCCOCCOc1cc(CC)c(C(C)(CC)CC)cc1CC. The summed E-state index contributed by atoms with van der Waals surface area (Å²) >= 11 is 0. The highest BCUT2D eigenvalue weighted by Gasteiger charge is 2.26. The van der Waals surface area contributed by atoms with Crippen LogP contribution in [0.25, 0.3) is 0 Å². The average Bonchev–Trinajstić information content (AvgIpc) is 2.90. The Morgan fingerprint density at radius 2 is 0.919 bits per heavy atom. The fourth-order valence-electron chi connectivity index (χ4n) is 5.15. The molecule has 0 atom stereocenters. The lowest BCUT2D eigenvalue weighted by Gasteiger charge is -2.31. The topological polar surface area (TPSA) is 27.7 Å². The van der Waals surface area contributed by atoms with Crippen LogP contribution in [0.4, 0.5) is 0 Å². The lowest BCUT2D eigenvalue weighted by atomic mass is 9.74. The number of benzene rings is 2. The van der Waals surface area contributed by atoms with Crippen LogP contribution in [-0.4, -0.2) is 26.4 Å². The molecule has 0 fully saturated rings. The van der Waals surface area contributed by atoms with E-state index in [4.69, 9.17) is 14.2 Å². The van der Waals surface area contributed by atoms with E-state index < -0.39 is 0 Å². The van der Waals surface area contributed by atoms with Gasteiger partial charge < -0.3 is 14.2 Å². The first-order chi connectivity index (χ1) is 17.6. The van der Waals surface area contributed by atoms with E-state index in [1.54, 1.807) is 0 Å². The Morgan fingerprint density at radius 1 is 0.514 bits per heavy atom.